The fourth-order valence-corrected chi connectivity index (χ4v) is 3.07. The van der Waals surface area contributed by atoms with Crippen LogP contribution in [0.15, 0.2) is 0 Å². The van der Waals surface area contributed by atoms with Crippen molar-refractivity contribution in [1.82, 2.24) is 4.90 Å². The van der Waals surface area contributed by atoms with E-state index < -0.39 is 5.60 Å². The highest BCUT2D eigenvalue weighted by molar-refractivity contribution is 5.71. The Morgan fingerprint density at radius 1 is 1.44 bits per heavy atom. The van der Waals surface area contributed by atoms with Crippen molar-refractivity contribution in [2.75, 3.05) is 0 Å². The molecule has 0 radical (unpaired) electrons. The van der Waals surface area contributed by atoms with E-state index in [1.807, 2.05) is 25.7 Å². The van der Waals surface area contributed by atoms with Crippen LogP contribution in [-0.2, 0) is 4.74 Å². The van der Waals surface area contributed by atoms with Crippen LogP contribution in [0.25, 0.3) is 0 Å². The van der Waals surface area contributed by atoms with Gasteiger partial charge in [0.05, 0.1) is 0 Å². The lowest BCUT2D eigenvalue weighted by Crippen LogP contribution is -2.72. The Labute approximate surface area is 97.1 Å². The summed E-state index contributed by atoms with van der Waals surface area (Å²) in [5, 5.41) is 0. The van der Waals surface area contributed by atoms with E-state index in [9.17, 15) is 4.79 Å². The molecular weight excluding hydrogens is 204 g/mol. The third-order valence-electron chi connectivity index (χ3n) is 3.49. The number of amides is 1. The number of nitrogens with zero attached hydrogens (tertiary/aromatic N) is 1. The van der Waals surface area contributed by atoms with Crippen molar-refractivity contribution in [3.8, 4) is 0 Å². The molecule has 3 rings (SSSR count). The number of hydrogen-bond acceptors (Lipinski definition) is 3. The van der Waals surface area contributed by atoms with Crippen LogP contribution in [0.1, 0.15) is 47.0 Å². The molecule has 3 aliphatic rings. The van der Waals surface area contributed by atoms with Crippen LogP contribution in [0.5, 0.6) is 0 Å². The highest BCUT2D eigenvalue weighted by Crippen LogP contribution is 2.47. The fourth-order valence-electron chi connectivity index (χ4n) is 3.07. The van der Waals surface area contributed by atoms with Gasteiger partial charge in [-0.2, -0.15) is 0 Å². The van der Waals surface area contributed by atoms with Gasteiger partial charge >= 0.3 is 6.09 Å². The van der Waals surface area contributed by atoms with E-state index in [4.69, 9.17) is 10.5 Å². The smallest absolute Gasteiger partial charge is 0.410 e. The SMILES string of the molecule is CC(C)(C)OC(=O)N1[C@H]2C[C@@H](N)C[C@]1(C)C2. The molecule has 2 saturated heterocycles. The van der Waals surface area contributed by atoms with Crippen molar-refractivity contribution < 1.29 is 9.53 Å². The molecule has 0 aromatic carbocycles. The van der Waals surface area contributed by atoms with Gasteiger partial charge in [0.15, 0.2) is 0 Å². The zero-order valence-corrected chi connectivity index (χ0v) is 10.6. The van der Waals surface area contributed by atoms with Crippen molar-refractivity contribution in [3.63, 3.8) is 0 Å². The first-order valence-corrected chi connectivity index (χ1v) is 5.99. The van der Waals surface area contributed by atoms with Gasteiger partial charge in [-0.3, -0.25) is 4.90 Å². The first-order valence-electron chi connectivity index (χ1n) is 5.99. The molecule has 1 amide bonds. The summed E-state index contributed by atoms with van der Waals surface area (Å²) in [6.45, 7) is 7.80. The van der Waals surface area contributed by atoms with Crippen LogP contribution in [0, 0.1) is 0 Å². The first kappa shape index (κ1) is 11.7. The minimum absolute atomic E-state index is 0.0648. The van der Waals surface area contributed by atoms with E-state index in [0.29, 0.717) is 6.04 Å². The molecule has 0 aromatic heterocycles. The van der Waals surface area contributed by atoms with Crippen molar-refractivity contribution in [2.45, 2.75) is 70.2 Å². The summed E-state index contributed by atoms with van der Waals surface area (Å²) in [6, 6.07) is 0.533. The molecule has 3 atom stereocenters. The molecule has 0 spiro atoms. The van der Waals surface area contributed by atoms with Crippen LogP contribution in [0.3, 0.4) is 0 Å². The minimum atomic E-state index is -0.417. The minimum Gasteiger partial charge on any atom is -0.444 e. The standard InChI is InChI=1S/C12H22N2O2/c1-11(2,3)16-10(15)14-9-5-8(13)6-12(14,4)7-9/h8-9H,5-7,13H2,1-4H3/t8-,9+,12-/m1/s1. The maximum absolute atomic E-state index is 12.0. The molecule has 2 heterocycles. The van der Waals surface area contributed by atoms with E-state index in [1.54, 1.807) is 0 Å². The Hall–Kier alpha value is -0.770. The summed E-state index contributed by atoms with van der Waals surface area (Å²) in [6.07, 6.45) is 2.69. The predicted octanol–water partition coefficient (Wildman–Crippen LogP) is 1.88. The van der Waals surface area contributed by atoms with Gasteiger partial charge in [0.25, 0.3) is 0 Å². The summed E-state index contributed by atoms with van der Waals surface area (Å²) in [7, 11) is 0. The molecule has 16 heavy (non-hydrogen) atoms. The molecule has 92 valence electrons. The quantitative estimate of drug-likeness (QED) is 0.686. The van der Waals surface area contributed by atoms with Gasteiger partial charge < -0.3 is 10.5 Å². The topological polar surface area (TPSA) is 55.6 Å². The average Bonchev–Trinajstić information content (AvgIpc) is 1.95. The lowest BCUT2D eigenvalue weighted by Gasteiger charge is -2.61. The van der Waals surface area contributed by atoms with Crippen molar-refractivity contribution >= 4 is 6.09 Å². The molecule has 0 unspecified atom stereocenters. The second-order valence-electron chi connectivity index (χ2n) is 6.41. The number of rotatable bonds is 0. The molecule has 2 bridgehead atoms. The normalized spacial score (nSPS) is 37.9. The van der Waals surface area contributed by atoms with Crippen LogP contribution in [0.2, 0.25) is 0 Å². The van der Waals surface area contributed by atoms with Crippen LogP contribution in [0.4, 0.5) is 4.79 Å². The third-order valence-corrected chi connectivity index (χ3v) is 3.49. The average molecular weight is 226 g/mol. The monoisotopic (exact) mass is 226 g/mol. The Morgan fingerprint density at radius 3 is 2.56 bits per heavy atom. The second kappa shape index (κ2) is 3.36. The maximum atomic E-state index is 12.0. The summed E-state index contributed by atoms with van der Waals surface area (Å²) < 4.78 is 5.42. The lowest BCUT2D eigenvalue weighted by atomic mass is 9.68. The van der Waals surface area contributed by atoms with Crippen LogP contribution >= 0.6 is 0 Å². The second-order valence-corrected chi connectivity index (χ2v) is 6.41. The molecule has 4 nitrogen and oxygen atoms in total. The number of nitrogens with two attached hydrogens (primary N) is 1. The molecule has 2 N–H and O–H groups in total. The van der Waals surface area contributed by atoms with E-state index in [1.165, 1.54) is 0 Å². The highest BCUT2D eigenvalue weighted by Gasteiger charge is 2.56. The molecule has 2 aliphatic heterocycles. The number of carbonyl (C=O) groups is 1. The number of hydrogen-bond donors (Lipinski definition) is 1. The van der Waals surface area contributed by atoms with Crippen LogP contribution < -0.4 is 5.73 Å². The Morgan fingerprint density at radius 2 is 2.06 bits per heavy atom. The van der Waals surface area contributed by atoms with Crippen molar-refractivity contribution in [1.29, 1.82) is 0 Å². The Balaban J connectivity index is 2.04. The zero-order chi connectivity index (χ0) is 12.1. The largest absolute Gasteiger partial charge is 0.444 e. The lowest BCUT2D eigenvalue weighted by molar-refractivity contribution is -0.105. The van der Waals surface area contributed by atoms with E-state index in [2.05, 4.69) is 6.92 Å². The van der Waals surface area contributed by atoms with Crippen LogP contribution in [-0.4, -0.2) is 34.2 Å². The fraction of sp³-hybridized carbons (Fsp3) is 0.917. The van der Waals surface area contributed by atoms with E-state index in [-0.39, 0.29) is 17.7 Å². The summed E-state index contributed by atoms with van der Waals surface area (Å²) in [5.41, 5.74) is 5.47. The molecule has 3 fully saturated rings. The van der Waals surface area contributed by atoms with Crippen molar-refractivity contribution in [2.24, 2.45) is 5.73 Å². The molecule has 1 aliphatic carbocycles. The summed E-state index contributed by atoms with van der Waals surface area (Å²) in [4.78, 5) is 13.9. The number of carbonyl (C=O) groups excluding carboxylic acids is 1. The first-order chi connectivity index (χ1) is 7.21. The zero-order valence-electron chi connectivity index (χ0n) is 10.6. The highest BCUT2D eigenvalue weighted by atomic mass is 16.6. The van der Waals surface area contributed by atoms with Gasteiger partial charge in [0, 0.05) is 17.6 Å². The third kappa shape index (κ3) is 1.90. The van der Waals surface area contributed by atoms with E-state index >= 15 is 0 Å². The van der Waals surface area contributed by atoms with Crippen molar-refractivity contribution in [3.05, 3.63) is 0 Å². The van der Waals surface area contributed by atoms with Gasteiger partial charge in [-0.15, -0.1) is 0 Å². The van der Waals surface area contributed by atoms with Gasteiger partial charge in [-0.05, 0) is 47.0 Å². The molecule has 4 heteroatoms. The molecular formula is C12H22N2O2. The van der Waals surface area contributed by atoms with Gasteiger partial charge in [0.1, 0.15) is 5.60 Å². The van der Waals surface area contributed by atoms with E-state index in [0.717, 1.165) is 19.3 Å². The molecule has 0 aromatic rings. The Kier molecular flexibility index (Phi) is 2.46. The number of ether oxygens (including phenoxy) is 1. The number of fused-ring (bicyclic) bond motifs is 2. The number of piperidine rings is 1. The predicted molar refractivity (Wildman–Crippen MR) is 62.1 cm³/mol. The van der Waals surface area contributed by atoms with Gasteiger partial charge in [-0.25, -0.2) is 4.79 Å². The summed E-state index contributed by atoms with van der Waals surface area (Å²) in [5.74, 6) is 0. The van der Waals surface area contributed by atoms with Gasteiger partial charge in [-0.1, -0.05) is 0 Å². The molecule has 1 saturated carbocycles. The maximum Gasteiger partial charge on any atom is 0.410 e. The Bertz CT molecular complexity index is 309. The van der Waals surface area contributed by atoms with Gasteiger partial charge in [0.2, 0.25) is 0 Å². The summed E-state index contributed by atoms with van der Waals surface area (Å²) >= 11 is 0.